The highest BCUT2D eigenvalue weighted by Crippen LogP contribution is 2.35. The fraction of sp³-hybridized carbons (Fsp3) is 0.318. The number of aromatic nitrogens is 2. The normalized spacial score (nSPS) is 14.9. The van der Waals surface area contributed by atoms with Crippen molar-refractivity contribution in [3.8, 4) is 17.0 Å². The van der Waals surface area contributed by atoms with Gasteiger partial charge in [-0.2, -0.15) is 13.2 Å². The van der Waals surface area contributed by atoms with Crippen LogP contribution in [0.25, 0.3) is 11.3 Å². The van der Waals surface area contributed by atoms with Gasteiger partial charge in [0.05, 0.1) is 23.4 Å². The molecular formula is C22H20ClF3N4O2S. The van der Waals surface area contributed by atoms with E-state index in [9.17, 15) is 18.0 Å². The maximum atomic E-state index is 12.8. The molecule has 0 saturated carbocycles. The molecule has 4 rings (SSSR count). The van der Waals surface area contributed by atoms with Crippen LogP contribution in [0.1, 0.15) is 18.4 Å². The molecule has 0 spiro atoms. The summed E-state index contributed by atoms with van der Waals surface area (Å²) in [5.41, 5.74) is 0.665. The number of hydrogen-bond acceptors (Lipinski definition) is 6. The van der Waals surface area contributed by atoms with Crippen molar-refractivity contribution in [1.29, 1.82) is 0 Å². The van der Waals surface area contributed by atoms with E-state index in [-0.39, 0.29) is 16.8 Å². The summed E-state index contributed by atoms with van der Waals surface area (Å²) in [6.07, 6.45) is -2.67. The summed E-state index contributed by atoms with van der Waals surface area (Å²) >= 11 is 7.38. The zero-order valence-electron chi connectivity index (χ0n) is 17.5. The number of hydrogen-bond donors (Lipinski definition) is 1. The van der Waals surface area contributed by atoms with Gasteiger partial charge in [0.1, 0.15) is 11.6 Å². The van der Waals surface area contributed by atoms with Crippen molar-refractivity contribution in [2.75, 3.05) is 30.4 Å². The van der Waals surface area contributed by atoms with Gasteiger partial charge in [0.15, 0.2) is 5.13 Å². The first-order valence-corrected chi connectivity index (χ1v) is 11.4. The first-order chi connectivity index (χ1) is 15.8. The first kappa shape index (κ1) is 23.3. The van der Waals surface area contributed by atoms with Crippen LogP contribution in [-0.4, -0.2) is 36.1 Å². The number of nitrogens with one attached hydrogen (secondary N) is 1. The number of pyridine rings is 1. The predicted octanol–water partition coefficient (Wildman–Crippen LogP) is 5.74. The van der Waals surface area contributed by atoms with E-state index >= 15 is 0 Å². The Kier molecular flexibility index (Phi) is 6.76. The monoisotopic (exact) mass is 496 g/mol. The third-order valence-corrected chi connectivity index (χ3v) is 6.47. The van der Waals surface area contributed by atoms with Gasteiger partial charge in [-0.25, -0.2) is 9.97 Å². The van der Waals surface area contributed by atoms with Gasteiger partial charge in [-0.15, -0.1) is 11.3 Å². The summed E-state index contributed by atoms with van der Waals surface area (Å²) in [5, 5.41) is 5.17. The third-order valence-electron chi connectivity index (χ3n) is 5.43. The summed E-state index contributed by atoms with van der Waals surface area (Å²) in [6.45, 7) is 0.918. The number of rotatable bonds is 5. The van der Waals surface area contributed by atoms with Gasteiger partial charge in [-0.3, -0.25) is 4.79 Å². The largest absolute Gasteiger partial charge is 0.496 e. The molecule has 3 heterocycles. The summed E-state index contributed by atoms with van der Waals surface area (Å²) in [4.78, 5) is 23.0. The molecule has 1 amide bonds. The Morgan fingerprint density at radius 2 is 2.00 bits per heavy atom. The average Bonchev–Trinajstić information content (AvgIpc) is 3.26. The molecule has 174 valence electrons. The number of carbonyl (C=O) groups excluding carboxylic acids is 1. The fourth-order valence-electron chi connectivity index (χ4n) is 3.69. The van der Waals surface area contributed by atoms with Crippen LogP contribution < -0.4 is 15.0 Å². The van der Waals surface area contributed by atoms with Crippen molar-refractivity contribution in [1.82, 2.24) is 9.97 Å². The van der Waals surface area contributed by atoms with Crippen LogP contribution in [0.5, 0.6) is 5.75 Å². The molecule has 2 aromatic heterocycles. The van der Waals surface area contributed by atoms with Gasteiger partial charge in [-0.05, 0) is 31.0 Å². The van der Waals surface area contributed by atoms with E-state index in [1.54, 1.807) is 12.0 Å². The molecule has 1 aliphatic rings. The highest BCUT2D eigenvalue weighted by molar-refractivity contribution is 7.14. The Hall–Kier alpha value is -2.85. The van der Waals surface area contributed by atoms with Crippen LogP contribution in [0.4, 0.5) is 24.1 Å². The number of carbonyl (C=O) groups is 1. The topological polar surface area (TPSA) is 67.3 Å². The molecule has 1 aliphatic heterocycles. The lowest BCUT2D eigenvalue weighted by atomic mass is 9.96. The highest BCUT2D eigenvalue weighted by Gasteiger charge is 2.33. The first-order valence-electron chi connectivity index (χ1n) is 10.1. The molecule has 0 radical (unpaired) electrons. The van der Waals surface area contributed by atoms with Crippen molar-refractivity contribution in [3.63, 3.8) is 0 Å². The number of methoxy groups -OCH3 is 1. The van der Waals surface area contributed by atoms with E-state index in [4.69, 9.17) is 16.3 Å². The molecule has 33 heavy (non-hydrogen) atoms. The Bertz CT molecular complexity index is 1150. The Balaban J connectivity index is 1.36. The van der Waals surface area contributed by atoms with E-state index < -0.39 is 11.7 Å². The van der Waals surface area contributed by atoms with Crippen LogP contribution >= 0.6 is 22.9 Å². The van der Waals surface area contributed by atoms with Crippen LogP contribution in [0.15, 0.2) is 41.9 Å². The fourth-order valence-corrected chi connectivity index (χ4v) is 4.69. The van der Waals surface area contributed by atoms with Crippen LogP contribution in [-0.2, 0) is 11.0 Å². The number of halogens is 4. The van der Waals surface area contributed by atoms with Gasteiger partial charge < -0.3 is 15.0 Å². The lowest BCUT2D eigenvalue weighted by Crippen LogP contribution is -2.38. The van der Waals surface area contributed by atoms with E-state index in [1.165, 1.54) is 11.3 Å². The van der Waals surface area contributed by atoms with Gasteiger partial charge >= 0.3 is 6.18 Å². The summed E-state index contributed by atoms with van der Waals surface area (Å²) in [6, 6.07) is 8.39. The standard InChI is InChI=1S/C22H20ClF3N4O2S/c1-32-18-5-3-2-4-15(18)17-12-33-21(28-17)29-20(31)13-6-8-30(9-7-13)19-16(23)10-14(11-27-19)22(24,25)26/h2-5,10-13H,6-9H2,1H3,(H,28,29,31). The van der Waals surface area contributed by atoms with Crippen molar-refractivity contribution < 1.29 is 22.7 Å². The van der Waals surface area contributed by atoms with Gasteiger partial charge in [0.25, 0.3) is 0 Å². The van der Waals surface area contributed by atoms with Crippen LogP contribution in [0, 0.1) is 5.92 Å². The molecule has 1 N–H and O–H groups in total. The molecule has 1 aromatic carbocycles. The third kappa shape index (κ3) is 5.22. The number of ether oxygens (including phenoxy) is 1. The minimum Gasteiger partial charge on any atom is -0.496 e. The number of thiazole rings is 1. The molecule has 1 fully saturated rings. The van der Waals surface area contributed by atoms with Crippen molar-refractivity contribution in [2.24, 2.45) is 5.92 Å². The van der Waals surface area contributed by atoms with Crippen molar-refractivity contribution in [3.05, 3.63) is 52.5 Å². The number of amides is 1. The minimum atomic E-state index is -4.50. The second-order valence-electron chi connectivity index (χ2n) is 7.52. The number of para-hydroxylation sites is 1. The van der Waals surface area contributed by atoms with Gasteiger partial charge in [0.2, 0.25) is 5.91 Å². The lowest BCUT2D eigenvalue weighted by molar-refractivity contribution is -0.137. The molecule has 11 heteroatoms. The molecule has 3 aromatic rings. The molecule has 0 bridgehead atoms. The number of anilines is 2. The quantitative estimate of drug-likeness (QED) is 0.488. The van der Waals surface area contributed by atoms with E-state index in [0.29, 0.717) is 48.3 Å². The molecule has 0 atom stereocenters. The SMILES string of the molecule is COc1ccccc1-c1csc(NC(=O)C2CCN(c3ncc(C(F)(F)F)cc3Cl)CC2)n1. The summed E-state index contributed by atoms with van der Waals surface area (Å²) in [7, 11) is 1.59. The Morgan fingerprint density at radius 3 is 2.67 bits per heavy atom. The highest BCUT2D eigenvalue weighted by atomic mass is 35.5. The molecule has 1 saturated heterocycles. The zero-order chi connectivity index (χ0) is 23.6. The Morgan fingerprint density at radius 1 is 1.27 bits per heavy atom. The second-order valence-corrected chi connectivity index (χ2v) is 8.78. The van der Waals surface area contributed by atoms with Gasteiger partial charge in [-0.1, -0.05) is 23.7 Å². The molecular weight excluding hydrogens is 477 g/mol. The zero-order valence-corrected chi connectivity index (χ0v) is 19.1. The number of piperidine rings is 1. The average molecular weight is 497 g/mol. The molecule has 0 aliphatic carbocycles. The van der Waals surface area contributed by atoms with Crippen molar-refractivity contribution >= 4 is 39.8 Å². The second kappa shape index (κ2) is 9.56. The van der Waals surface area contributed by atoms with Crippen LogP contribution in [0.2, 0.25) is 5.02 Å². The van der Waals surface area contributed by atoms with E-state index in [2.05, 4.69) is 15.3 Å². The Labute approximate surface area is 197 Å². The maximum absolute atomic E-state index is 12.8. The summed E-state index contributed by atoms with van der Waals surface area (Å²) in [5.74, 6) is 0.614. The minimum absolute atomic E-state index is 0.0561. The lowest BCUT2D eigenvalue weighted by Gasteiger charge is -2.32. The van der Waals surface area contributed by atoms with E-state index in [0.717, 1.165) is 17.8 Å². The van der Waals surface area contributed by atoms with Crippen LogP contribution in [0.3, 0.4) is 0 Å². The predicted molar refractivity (Wildman–Crippen MR) is 122 cm³/mol. The van der Waals surface area contributed by atoms with Crippen molar-refractivity contribution in [2.45, 2.75) is 19.0 Å². The molecule has 6 nitrogen and oxygen atoms in total. The summed E-state index contributed by atoms with van der Waals surface area (Å²) < 4.78 is 43.9. The molecule has 0 unspecified atom stereocenters. The number of alkyl halides is 3. The number of nitrogens with zero attached hydrogens (tertiary/aromatic N) is 3. The number of benzene rings is 1. The van der Waals surface area contributed by atoms with E-state index in [1.807, 2.05) is 29.6 Å². The van der Waals surface area contributed by atoms with Gasteiger partial charge in [0, 0.05) is 36.1 Å². The smallest absolute Gasteiger partial charge is 0.417 e. The maximum Gasteiger partial charge on any atom is 0.417 e.